The summed E-state index contributed by atoms with van der Waals surface area (Å²) in [5.74, 6) is 0. The first kappa shape index (κ1) is 15.8. The smallest absolute Gasteiger partial charge is 0.0991 e. The van der Waals surface area contributed by atoms with Crippen molar-refractivity contribution in [1.29, 1.82) is 5.26 Å². The molecule has 0 radical (unpaired) electrons. The maximum Gasteiger partial charge on any atom is 0.0991 e. The lowest BCUT2D eigenvalue weighted by Gasteiger charge is -2.13. The first-order valence-corrected chi connectivity index (χ1v) is 7.40. The van der Waals surface area contributed by atoms with E-state index in [0.717, 1.165) is 33.2 Å². The van der Waals surface area contributed by atoms with Crippen molar-refractivity contribution < 1.29 is 0 Å². The fraction of sp³-hybridized carbons (Fsp3) is 0. The Morgan fingerprint density at radius 1 is 0.750 bits per heavy atom. The molecule has 0 atom stereocenters. The van der Waals surface area contributed by atoms with Gasteiger partial charge in [0, 0.05) is 16.5 Å². The normalized spacial score (nSPS) is 10.1. The fourth-order valence-corrected chi connectivity index (χ4v) is 2.75. The molecule has 4 aromatic rings. The van der Waals surface area contributed by atoms with Crippen LogP contribution in [0.1, 0.15) is 5.56 Å². The number of pyridine rings is 1. The Balaban J connectivity index is 0.00000169. The SMILES string of the molecule is Cl.N#Cc1ccc(Nc2c3ccccc3nc3ccccc23)cc1. The van der Waals surface area contributed by atoms with E-state index in [0.29, 0.717) is 5.56 Å². The first-order valence-electron chi connectivity index (χ1n) is 7.40. The van der Waals surface area contributed by atoms with Gasteiger partial charge >= 0.3 is 0 Å². The summed E-state index contributed by atoms with van der Waals surface area (Å²) in [6.45, 7) is 0. The molecule has 0 aliphatic heterocycles. The molecule has 0 aliphatic carbocycles. The Hall–Kier alpha value is -3.09. The molecule has 0 aliphatic rings. The Morgan fingerprint density at radius 3 is 1.83 bits per heavy atom. The van der Waals surface area contributed by atoms with Crippen LogP contribution in [0.2, 0.25) is 0 Å². The second-order valence-electron chi connectivity index (χ2n) is 5.34. The van der Waals surface area contributed by atoms with Crippen LogP contribution in [0.5, 0.6) is 0 Å². The summed E-state index contributed by atoms with van der Waals surface area (Å²) >= 11 is 0. The van der Waals surface area contributed by atoms with E-state index in [2.05, 4.69) is 23.5 Å². The quantitative estimate of drug-likeness (QED) is 0.498. The lowest BCUT2D eigenvalue weighted by molar-refractivity contribution is 1.47. The van der Waals surface area contributed by atoms with Crippen LogP contribution < -0.4 is 5.32 Å². The molecular weight excluding hydrogens is 318 g/mol. The summed E-state index contributed by atoms with van der Waals surface area (Å²) in [7, 11) is 0. The van der Waals surface area contributed by atoms with Crippen LogP contribution in [-0.4, -0.2) is 4.98 Å². The predicted molar refractivity (Wildman–Crippen MR) is 101 cm³/mol. The molecule has 0 amide bonds. The van der Waals surface area contributed by atoms with Crippen molar-refractivity contribution in [1.82, 2.24) is 4.98 Å². The number of nitrogens with zero attached hydrogens (tertiary/aromatic N) is 2. The van der Waals surface area contributed by atoms with Gasteiger partial charge in [0.15, 0.2) is 0 Å². The Morgan fingerprint density at radius 2 is 1.29 bits per heavy atom. The number of anilines is 2. The van der Waals surface area contributed by atoms with Crippen LogP contribution in [0.3, 0.4) is 0 Å². The second-order valence-corrected chi connectivity index (χ2v) is 5.34. The number of halogens is 1. The molecule has 4 heteroatoms. The number of hydrogen-bond donors (Lipinski definition) is 1. The van der Waals surface area contributed by atoms with E-state index in [4.69, 9.17) is 10.2 Å². The lowest BCUT2D eigenvalue weighted by Crippen LogP contribution is -1.95. The Bertz CT molecular complexity index is 996. The third kappa shape index (κ3) is 2.76. The van der Waals surface area contributed by atoms with Crippen molar-refractivity contribution >= 4 is 45.6 Å². The number of nitrogens with one attached hydrogen (secondary N) is 1. The highest BCUT2D eigenvalue weighted by atomic mass is 35.5. The third-order valence-electron chi connectivity index (χ3n) is 3.87. The molecule has 0 saturated heterocycles. The topological polar surface area (TPSA) is 48.7 Å². The van der Waals surface area contributed by atoms with Gasteiger partial charge in [0.05, 0.1) is 28.4 Å². The number of para-hydroxylation sites is 2. The number of benzene rings is 3. The van der Waals surface area contributed by atoms with Gasteiger partial charge in [-0.05, 0) is 36.4 Å². The van der Waals surface area contributed by atoms with Gasteiger partial charge in [0.25, 0.3) is 0 Å². The van der Waals surface area contributed by atoms with E-state index in [1.807, 2.05) is 60.7 Å². The molecule has 0 saturated carbocycles. The largest absolute Gasteiger partial charge is 0.354 e. The minimum absolute atomic E-state index is 0. The molecule has 3 aromatic carbocycles. The monoisotopic (exact) mass is 331 g/mol. The molecule has 1 N–H and O–H groups in total. The van der Waals surface area contributed by atoms with Gasteiger partial charge in [0.2, 0.25) is 0 Å². The number of rotatable bonds is 2. The summed E-state index contributed by atoms with van der Waals surface area (Å²) < 4.78 is 0. The molecule has 1 aromatic heterocycles. The minimum Gasteiger partial charge on any atom is -0.354 e. The van der Waals surface area contributed by atoms with Crippen LogP contribution in [0, 0.1) is 11.3 Å². The Labute approximate surface area is 146 Å². The second kappa shape index (κ2) is 6.57. The molecule has 1 heterocycles. The molecule has 24 heavy (non-hydrogen) atoms. The fourth-order valence-electron chi connectivity index (χ4n) is 2.75. The maximum atomic E-state index is 8.92. The van der Waals surface area contributed by atoms with Crippen molar-refractivity contribution in [3.8, 4) is 6.07 Å². The number of nitriles is 1. The van der Waals surface area contributed by atoms with Crippen molar-refractivity contribution in [2.24, 2.45) is 0 Å². The molecule has 0 fully saturated rings. The zero-order valence-electron chi connectivity index (χ0n) is 12.7. The van der Waals surface area contributed by atoms with E-state index in [1.54, 1.807) is 0 Å². The Kier molecular flexibility index (Phi) is 4.33. The van der Waals surface area contributed by atoms with Crippen molar-refractivity contribution in [2.75, 3.05) is 5.32 Å². The highest BCUT2D eigenvalue weighted by Gasteiger charge is 2.08. The van der Waals surface area contributed by atoms with Crippen LogP contribution >= 0.6 is 12.4 Å². The van der Waals surface area contributed by atoms with E-state index in [-0.39, 0.29) is 12.4 Å². The molecule has 0 spiro atoms. The van der Waals surface area contributed by atoms with Gasteiger partial charge in [0.1, 0.15) is 0 Å². The summed E-state index contributed by atoms with van der Waals surface area (Å²) in [6.07, 6.45) is 0. The zero-order valence-corrected chi connectivity index (χ0v) is 13.5. The summed E-state index contributed by atoms with van der Waals surface area (Å²) in [5, 5.41) is 14.6. The average molecular weight is 332 g/mol. The average Bonchev–Trinajstić information content (AvgIpc) is 2.62. The van der Waals surface area contributed by atoms with E-state index in [9.17, 15) is 0 Å². The molecular formula is C20H14ClN3. The van der Waals surface area contributed by atoms with Crippen LogP contribution in [-0.2, 0) is 0 Å². The predicted octanol–water partition coefficient (Wildman–Crippen LogP) is 5.43. The molecule has 3 nitrogen and oxygen atoms in total. The van der Waals surface area contributed by atoms with Crippen LogP contribution in [0.25, 0.3) is 21.8 Å². The lowest BCUT2D eigenvalue weighted by atomic mass is 10.1. The van der Waals surface area contributed by atoms with E-state index in [1.165, 1.54) is 0 Å². The van der Waals surface area contributed by atoms with E-state index < -0.39 is 0 Å². The van der Waals surface area contributed by atoms with Gasteiger partial charge in [-0.25, -0.2) is 4.98 Å². The molecule has 116 valence electrons. The molecule has 4 rings (SSSR count). The van der Waals surface area contributed by atoms with Gasteiger partial charge in [-0.1, -0.05) is 36.4 Å². The number of fused-ring (bicyclic) bond motifs is 2. The van der Waals surface area contributed by atoms with Crippen molar-refractivity contribution in [3.05, 3.63) is 78.4 Å². The summed E-state index contributed by atoms with van der Waals surface area (Å²) in [4.78, 5) is 4.72. The van der Waals surface area contributed by atoms with Gasteiger partial charge in [-0.3, -0.25) is 0 Å². The highest BCUT2D eigenvalue weighted by molar-refractivity contribution is 6.08. The van der Waals surface area contributed by atoms with Crippen molar-refractivity contribution in [2.45, 2.75) is 0 Å². The summed E-state index contributed by atoms with van der Waals surface area (Å²) in [5.41, 5.74) is 4.56. The molecule has 0 bridgehead atoms. The van der Waals surface area contributed by atoms with Crippen LogP contribution in [0.15, 0.2) is 72.8 Å². The summed E-state index contributed by atoms with van der Waals surface area (Å²) in [6, 6.07) is 25.8. The highest BCUT2D eigenvalue weighted by Crippen LogP contribution is 2.32. The van der Waals surface area contributed by atoms with Gasteiger partial charge in [-0.2, -0.15) is 5.26 Å². The molecule has 0 unspecified atom stereocenters. The standard InChI is InChI=1S/C20H13N3.ClH/c21-13-14-9-11-15(12-10-14)22-20-16-5-1-3-7-18(16)23-19-8-4-2-6-17(19)20;/h1-12H,(H,22,23);1H. The maximum absolute atomic E-state index is 8.92. The first-order chi connectivity index (χ1) is 11.3. The third-order valence-corrected chi connectivity index (χ3v) is 3.87. The van der Waals surface area contributed by atoms with Crippen molar-refractivity contribution in [3.63, 3.8) is 0 Å². The van der Waals surface area contributed by atoms with Crippen LogP contribution in [0.4, 0.5) is 11.4 Å². The van der Waals surface area contributed by atoms with Gasteiger partial charge in [-0.15, -0.1) is 12.4 Å². The van der Waals surface area contributed by atoms with E-state index >= 15 is 0 Å². The minimum atomic E-state index is 0. The van der Waals surface area contributed by atoms with Gasteiger partial charge < -0.3 is 5.32 Å². The number of hydrogen-bond acceptors (Lipinski definition) is 3. The number of aromatic nitrogens is 1. The zero-order chi connectivity index (χ0) is 15.6.